The topological polar surface area (TPSA) is 96.2 Å². The molecule has 3 N–H and O–H groups in total. The van der Waals surface area contributed by atoms with Crippen molar-refractivity contribution in [3.05, 3.63) is 58.7 Å². The second-order valence-electron chi connectivity index (χ2n) is 15.3. The molecule has 4 fully saturated rings. The molecule has 0 unspecified atom stereocenters. The molecule has 1 spiro atoms. The van der Waals surface area contributed by atoms with Gasteiger partial charge >= 0.3 is 18.1 Å². The molecule has 1 aromatic carbocycles. The highest BCUT2D eigenvalue weighted by Crippen LogP contribution is 2.71. The standard InChI is InChI=1S/C36H41F5O6/c1-30(2)20-46-33(47-21-30)16-13-27-29-24(12-15-32(27,44)19-33)26-14-17-34(45,35(37,38)36(39,40)41)31(26,3)18-25(29)23-10-8-22(9-11-23)6-4-5-7-28(42)43/h5,7-11,24-26,44-45H,12-21H2,1-3H3,(H,42,43)/b7-5+/t24-,25+,26-,31-,32+,34-/m0/s1. The van der Waals surface area contributed by atoms with E-state index in [-0.39, 0.29) is 31.1 Å². The van der Waals surface area contributed by atoms with E-state index in [0.717, 1.165) is 17.2 Å². The van der Waals surface area contributed by atoms with Crippen molar-refractivity contribution in [1.82, 2.24) is 0 Å². The highest BCUT2D eigenvalue weighted by molar-refractivity contribution is 5.80. The van der Waals surface area contributed by atoms with Crippen LogP contribution in [0.25, 0.3) is 0 Å². The number of benzene rings is 1. The molecule has 1 saturated heterocycles. The molecule has 0 bridgehead atoms. The number of carboxylic acids is 1. The summed E-state index contributed by atoms with van der Waals surface area (Å²) in [5, 5.41) is 32.6. The Morgan fingerprint density at radius 2 is 1.64 bits per heavy atom. The van der Waals surface area contributed by atoms with Crippen molar-refractivity contribution in [1.29, 1.82) is 0 Å². The van der Waals surface area contributed by atoms with Crippen LogP contribution in [0.2, 0.25) is 0 Å². The number of aliphatic hydroxyl groups is 2. The SMILES string of the molecule is CC1(C)COC2(CCC3=C4[C@@H](CC[C@@]3(O)C2)[C@@H]2CC[C@@](O)(C(F)(F)C(F)(F)F)[C@@]2(C)C[C@@H]4c2ccc(C#C/C=C/C(=O)O)cc2)OC1. The minimum Gasteiger partial charge on any atom is -0.478 e. The Morgan fingerprint density at radius 3 is 2.26 bits per heavy atom. The molecule has 0 amide bonds. The zero-order valence-electron chi connectivity index (χ0n) is 26.7. The fourth-order valence-electron chi connectivity index (χ4n) is 9.34. The molecule has 1 aromatic rings. The first-order valence-corrected chi connectivity index (χ1v) is 16.2. The zero-order chi connectivity index (χ0) is 34.3. The number of aliphatic carboxylic acids is 1. The van der Waals surface area contributed by atoms with Crippen LogP contribution in [0.5, 0.6) is 0 Å². The van der Waals surface area contributed by atoms with E-state index >= 15 is 8.78 Å². The Balaban J connectivity index is 1.43. The predicted molar refractivity (Wildman–Crippen MR) is 161 cm³/mol. The van der Waals surface area contributed by atoms with Gasteiger partial charge in [0.05, 0.1) is 18.8 Å². The molecule has 0 aromatic heterocycles. The number of halogens is 5. The summed E-state index contributed by atoms with van der Waals surface area (Å²) in [6.07, 6.45) is -2.94. The maximum absolute atomic E-state index is 15.3. The van der Waals surface area contributed by atoms with Gasteiger partial charge in [0.15, 0.2) is 5.79 Å². The maximum Gasteiger partial charge on any atom is 0.456 e. The lowest BCUT2D eigenvalue weighted by Gasteiger charge is -2.59. The fourth-order valence-corrected chi connectivity index (χ4v) is 9.34. The second kappa shape index (κ2) is 11.1. The molecule has 47 heavy (non-hydrogen) atoms. The first-order chi connectivity index (χ1) is 21.8. The van der Waals surface area contributed by atoms with Gasteiger partial charge in [-0.05, 0) is 79.7 Å². The van der Waals surface area contributed by atoms with E-state index in [4.69, 9.17) is 14.6 Å². The van der Waals surface area contributed by atoms with Crippen LogP contribution in [0, 0.1) is 34.5 Å². The Kier molecular flexibility index (Phi) is 8.07. The minimum absolute atomic E-state index is 0.00882. The first kappa shape index (κ1) is 34.1. The van der Waals surface area contributed by atoms with E-state index in [1.165, 1.54) is 13.0 Å². The van der Waals surface area contributed by atoms with E-state index in [2.05, 4.69) is 11.8 Å². The zero-order valence-corrected chi connectivity index (χ0v) is 26.7. The van der Waals surface area contributed by atoms with Crippen molar-refractivity contribution in [2.75, 3.05) is 13.2 Å². The van der Waals surface area contributed by atoms with Crippen molar-refractivity contribution in [2.24, 2.45) is 22.7 Å². The molecule has 0 radical (unpaired) electrons. The number of fused-ring (bicyclic) bond motifs is 4. The molecule has 5 aliphatic rings. The number of carbonyl (C=O) groups is 1. The average molecular weight is 665 g/mol. The lowest BCUT2D eigenvalue weighted by Crippen LogP contribution is -2.65. The highest BCUT2D eigenvalue weighted by atomic mass is 19.4. The van der Waals surface area contributed by atoms with Crippen molar-refractivity contribution < 1.29 is 51.5 Å². The normalized spacial score (nSPS) is 36.3. The molecule has 11 heteroatoms. The van der Waals surface area contributed by atoms with Gasteiger partial charge in [-0.1, -0.05) is 50.3 Å². The van der Waals surface area contributed by atoms with Gasteiger partial charge in [-0.15, -0.1) is 0 Å². The molecule has 256 valence electrons. The third-order valence-corrected chi connectivity index (χ3v) is 11.7. The van der Waals surface area contributed by atoms with E-state index < -0.39 is 64.6 Å². The molecule has 6 atom stereocenters. The van der Waals surface area contributed by atoms with Gasteiger partial charge in [0.25, 0.3) is 0 Å². The third-order valence-electron chi connectivity index (χ3n) is 11.7. The molecule has 6 nitrogen and oxygen atoms in total. The van der Waals surface area contributed by atoms with Crippen LogP contribution in [-0.2, 0) is 14.3 Å². The summed E-state index contributed by atoms with van der Waals surface area (Å²) in [7, 11) is 0. The highest BCUT2D eigenvalue weighted by Gasteiger charge is 2.79. The van der Waals surface area contributed by atoms with Crippen molar-refractivity contribution in [3.8, 4) is 11.8 Å². The summed E-state index contributed by atoms with van der Waals surface area (Å²) in [4.78, 5) is 10.7. The molecule has 4 aliphatic carbocycles. The number of hydrogen-bond donors (Lipinski definition) is 3. The molecule has 3 saturated carbocycles. The largest absolute Gasteiger partial charge is 0.478 e. The lowest BCUT2D eigenvalue weighted by molar-refractivity contribution is -0.362. The van der Waals surface area contributed by atoms with Gasteiger partial charge in [-0.3, -0.25) is 0 Å². The molecule has 1 heterocycles. The molecule has 6 rings (SSSR count). The van der Waals surface area contributed by atoms with Gasteiger partial charge in [0.1, 0.15) is 5.60 Å². The van der Waals surface area contributed by atoms with Crippen LogP contribution in [-0.4, -0.2) is 63.6 Å². The summed E-state index contributed by atoms with van der Waals surface area (Å²) < 4.78 is 84.8. The Morgan fingerprint density at radius 1 is 0.979 bits per heavy atom. The van der Waals surface area contributed by atoms with E-state index in [1.807, 2.05) is 13.8 Å². The van der Waals surface area contributed by atoms with E-state index in [9.17, 15) is 28.2 Å². The number of carboxylic acid groups (broad SMARTS) is 1. The monoisotopic (exact) mass is 664 g/mol. The summed E-state index contributed by atoms with van der Waals surface area (Å²) in [5.41, 5.74) is -3.70. The summed E-state index contributed by atoms with van der Waals surface area (Å²) in [5.74, 6) is -3.67. The maximum atomic E-state index is 15.3. The number of hydrogen-bond acceptors (Lipinski definition) is 5. The quantitative estimate of drug-likeness (QED) is 0.141. The van der Waals surface area contributed by atoms with Crippen LogP contribution >= 0.6 is 0 Å². The van der Waals surface area contributed by atoms with E-state index in [1.54, 1.807) is 24.3 Å². The molecule has 1 aliphatic heterocycles. The van der Waals surface area contributed by atoms with Crippen molar-refractivity contribution in [2.45, 2.75) is 107 Å². The third kappa shape index (κ3) is 5.44. The van der Waals surface area contributed by atoms with Gasteiger partial charge in [0.2, 0.25) is 0 Å². The van der Waals surface area contributed by atoms with Crippen LogP contribution < -0.4 is 0 Å². The second-order valence-corrected chi connectivity index (χ2v) is 15.3. The number of alkyl halides is 5. The Hall–Kier alpha value is -2.78. The Labute approximate surface area is 271 Å². The van der Waals surface area contributed by atoms with Gasteiger partial charge < -0.3 is 24.8 Å². The molecular weight excluding hydrogens is 623 g/mol. The number of rotatable bonds is 3. The molecular formula is C36H41F5O6. The summed E-state index contributed by atoms with van der Waals surface area (Å²) in [6.45, 7) is 6.39. The average Bonchev–Trinajstić information content (AvgIpc) is 3.27. The lowest BCUT2D eigenvalue weighted by atomic mass is 9.49. The van der Waals surface area contributed by atoms with Crippen LogP contribution in [0.1, 0.15) is 89.2 Å². The fraction of sp³-hybridized carbons (Fsp3) is 0.639. The summed E-state index contributed by atoms with van der Waals surface area (Å²) in [6, 6.07) is 6.86. The van der Waals surface area contributed by atoms with Gasteiger partial charge in [0, 0.05) is 41.2 Å². The van der Waals surface area contributed by atoms with Crippen LogP contribution in [0.3, 0.4) is 0 Å². The van der Waals surface area contributed by atoms with Crippen LogP contribution in [0.4, 0.5) is 22.0 Å². The number of ether oxygens (including phenoxy) is 2. The van der Waals surface area contributed by atoms with Crippen LogP contribution in [0.15, 0.2) is 47.6 Å². The van der Waals surface area contributed by atoms with Crippen molar-refractivity contribution in [3.63, 3.8) is 0 Å². The minimum atomic E-state index is -5.93. The number of allylic oxidation sites excluding steroid dienone is 2. The smallest absolute Gasteiger partial charge is 0.456 e. The van der Waals surface area contributed by atoms with Gasteiger partial charge in [-0.2, -0.15) is 22.0 Å². The first-order valence-electron chi connectivity index (χ1n) is 16.2. The summed E-state index contributed by atoms with van der Waals surface area (Å²) >= 11 is 0. The van der Waals surface area contributed by atoms with E-state index in [0.29, 0.717) is 43.6 Å². The predicted octanol–water partition coefficient (Wildman–Crippen LogP) is 6.90. The Bertz CT molecular complexity index is 1540. The van der Waals surface area contributed by atoms with Crippen molar-refractivity contribution >= 4 is 5.97 Å². The van der Waals surface area contributed by atoms with Gasteiger partial charge in [-0.25, -0.2) is 4.79 Å².